The summed E-state index contributed by atoms with van der Waals surface area (Å²) in [7, 11) is 2.28. The molecule has 0 spiro atoms. The van der Waals surface area contributed by atoms with Crippen LogP contribution in [0.4, 0.5) is 34.3 Å². The van der Waals surface area contributed by atoms with Crippen molar-refractivity contribution in [3.05, 3.63) is 199 Å². The maximum absolute atomic E-state index is 2.62. The minimum Gasteiger partial charge on any atom is -0.330 e. The van der Waals surface area contributed by atoms with Gasteiger partial charge in [0, 0.05) is 40.7 Å². The molecule has 0 saturated heterocycles. The average molecular weight is 816 g/mol. The van der Waals surface area contributed by atoms with Crippen molar-refractivity contribution in [2.24, 2.45) is 7.05 Å². The largest absolute Gasteiger partial charge is 0.330 e. The summed E-state index contributed by atoms with van der Waals surface area (Å²) < 4.78 is 2.47. The molecule has 4 heteroatoms. The molecule has 1 aromatic heterocycles. The van der Waals surface area contributed by atoms with Gasteiger partial charge < -0.3 is 9.47 Å². The third kappa shape index (κ3) is 4.67. The summed E-state index contributed by atoms with van der Waals surface area (Å²) >= 11 is 0. The van der Waals surface area contributed by atoms with Gasteiger partial charge in [0.05, 0.1) is 5.69 Å². The molecule has 0 aliphatic carbocycles. The Morgan fingerprint density at radius 2 is 0.938 bits per heavy atom. The maximum atomic E-state index is 2.62. The van der Waals surface area contributed by atoms with Gasteiger partial charge in [0.1, 0.15) is 5.82 Å². The summed E-state index contributed by atoms with van der Waals surface area (Å²) in [5.74, 6) is 1.23. The van der Waals surface area contributed by atoms with E-state index in [2.05, 4.69) is 223 Å². The first kappa shape index (κ1) is 35.7. The first-order valence-corrected chi connectivity index (χ1v) is 22.7. The molecule has 0 saturated carbocycles. The predicted octanol–water partition coefficient (Wildman–Crippen LogP) is 14.1. The van der Waals surface area contributed by atoms with E-state index in [0.29, 0.717) is 0 Å². The molecule has 14 rings (SSSR count). The number of hydrogen-bond acceptors (Lipinski definition) is 2. The molecule has 2 aliphatic rings. The van der Waals surface area contributed by atoms with Crippen molar-refractivity contribution in [1.82, 2.24) is 4.57 Å². The van der Waals surface area contributed by atoms with Crippen LogP contribution in [0.15, 0.2) is 188 Å². The second kappa shape index (κ2) is 13.1. The fourth-order valence-corrected chi connectivity index (χ4v) is 12.0. The van der Waals surface area contributed by atoms with E-state index < -0.39 is 0 Å². The monoisotopic (exact) mass is 815 g/mol. The number of hydrogen-bond donors (Lipinski definition) is 0. The standard InChI is InChI=1S/C60H42BN3/c1-4-37-28-32-53-51(34-37)61-58-50-33-36(2)27-31-52(50)62(3)60(58)64(54-24-13-23-48-44-19-9-7-18-42(44)43-20-11-12-22-47(43)57(48)54)56-26-14-25-55(59(56)61)63(53)38-29-30-46-41-17-6-5-15-39(41)40-16-8-10-21-45(40)49(46)35-38/h5-35H,4H2,1-3H3. The van der Waals surface area contributed by atoms with Crippen LogP contribution in [0.1, 0.15) is 18.1 Å². The predicted molar refractivity (Wildman–Crippen MR) is 276 cm³/mol. The topological polar surface area (TPSA) is 11.4 Å². The highest BCUT2D eigenvalue weighted by molar-refractivity contribution is 7.01. The number of fused-ring (bicyclic) bond motifs is 18. The first-order valence-electron chi connectivity index (χ1n) is 22.7. The van der Waals surface area contributed by atoms with Gasteiger partial charge in [-0.15, -0.1) is 0 Å². The quantitative estimate of drug-likeness (QED) is 0.130. The lowest BCUT2D eigenvalue weighted by atomic mass is 9.33. The van der Waals surface area contributed by atoms with Crippen LogP contribution < -0.4 is 26.2 Å². The van der Waals surface area contributed by atoms with Crippen molar-refractivity contribution in [2.75, 3.05) is 9.80 Å². The van der Waals surface area contributed by atoms with Crippen LogP contribution in [0, 0.1) is 6.92 Å². The summed E-state index contributed by atoms with van der Waals surface area (Å²) in [6.45, 7) is 4.53. The minimum atomic E-state index is 0.0125. The summed E-state index contributed by atoms with van der Waals surface area (Å²) in [6, 6.07) is 71.2. The Morgan fingerprint density at radius 3 is 1.58 bits per heavy atom. The number of aryl methyl sites for hydroxylation is 3. The molecule has 300 valence electrons. The highest BCUT2D eigenvalue weighted by atomic mass is 15.3. The molecule has 0 unspecified atom stereocenters. The molecule has 0 amide bonds. The fourth-order valence-electron chi connectivity index (χ4n) is 12.0. The van der Waals surface area contributed by atoms with Crippen LogP contribution >= 0.6 is 0 Å². The number of rotatable bonds is 3. The Hall–Kier alpha value is -7.82. The smallest absolute Gasteiger partial charge is 0.255 e. The van der Waals surface area contributed by atoms with E-state index >= 15 is 0 Å². The molecule has 2 aliphatic heterocycles. The van der Waals surface area contributed by atoms with Crippen molar-refractivity contribution < 1.29 is 0 Å². The second-order valence-electron chi connectivity index (χ2n) is 18.0. The van der Waals surface area contributed by atoms with Gasteiger partial charge in [0.25, 0.3) is 6.71 Å². The summed E-state index contributed by atoms with van der Waals surface area (Å²) in [4.78, 5) is 5.19. The highest BCUT2D eigenvalue weighted by Crippen LogP contribution is 2.50. The SMILES string of the molecule is CCc1ccc2c(c1)B1c3c(cccc3N(c3cccc4c5ccccc5c5ccccc5c34)c3c1c1cc(C)ccc1n3C)N2c1ccc2c3ccccc3c3ccccc3c2c1. The van der Waals surface area contributed by atoms with Crippen LogP contribution in [-0.2, 0) is 13.5 Å². The van der Waals surface area contributed by atoms with E-state index in [0.717, 1.165) is 6.42 Å². The Kier molecular flexibility index (Phi) is 7.32. The zero-order valence-electron chi connectivity index (χ0n) is 36.0. The Balaban J connectivity index is 1.12. The average Bonchev–Trinajstić information content (AvgIpc) is 3.63. The summed E-state index contributed by atoms with van der Waals surface area (Å²) in [5, 5.41) is 16.7. The van der Waals surface area contributed by atoms with Crippen molar-refractivity contribution in [1.29, 1.82) is 0 Å². The minimum absolute atomic E-state index is 0.0125. The summed E-state index contributed by atoms with van der Waals surface area (Å²) in [6.07, 6.45) is 0.966. The first-order chi connectivity index (χ1) is 31.6. The molecule has 0 atom stereocenters. The summed E-state index contributed by atoms with van der Waals surface area (Å²) in [5.41, 5.74) is 14.0. The zero-order valence-corrected chi connectivity index (χ0v) is 36.0. The molecule has 0 fully saturated rings. The molecule has 64 heavy (non-hydrogen) atoms. The lowest BCUT2D eigenvalue weighted by Crippen LogP contribution is -2.61. The van der Waals surface area contributed by atoms with Crippen LogP contribution in [0.2, 0.25) is 0 Å². The van der Waals surface area contributed by atoms with Gasteiger partial charge >= 0.3 is 0 Å². The molecule has 0 radical (unpaired) electrons. The van der Waals surface area contributed by atoms with Gasteiger partial charge in [-0.2, -0.15) is 0 Å². The van der Waals surface area contributed by atoms with E-state index in [4.69, 9.17) is 0 Å². The van der Waals surface area contributed by atoms with E-state index in [1.807, 2.05) is 0 Å². The highest BCUT2D eigenvalue weighted by Gasteiger charge is 2.46. The molecule has 0 bridgehead atoms. The van der Waals surface area contributed by atoms with Gasteiger partial charge in [-0.05, 0) is 142 Å². The van der Waals surface area contributed by atoms with Crippen LogP contribution in [0.3, 0.4) is 0 Å². The van der Waals surface area contributed by atoms with Gasteiger partial charge in [-0.3, -0.25) is 4.90 Å². The number of anilines is 6. The third-order valence-electron chi connectivity index (χ3n) is 14.7. The molecule has 3 heterocycles. The third-order valence-corrected chi connectivity index (χ3v) is 14.7. The Labute approximate surface area is 372 Å². The normalized spacial score (nSPS) is 13.2. The molecular weight excluding hydrogens is 773 g/mol. The second-order valence-corrected chi connectivity index (χ2v) is 18.0. The lowest BCUT2D eigenvalue weighted by molar-refractivity contribution is 0.952. The number of nitrogens with zero attached hydrogens (tertiary/aromatic N) is 3. The molecule has 0 N–H and O–H groups in total. The van der Waals surface area contributed by atoms with Crippen molar-refractivity contribution in [3.8, 4) is 0 Å². The Morgan fingerprint density at radius 1 is 0.406 bits per heavy atom. The van der Waals surface area contributed by atoms with Crippen LogP contribution in [0.5, 0.6) is 0 Å². The molecule has 11 aromatic carbocycles. The Bertz CT molecular complexity index is 3930. The van der Waals surface area contributed by atoms with Crippen molar-refractivity contribution >= 4 is 133 Å². The maximum Gasteiger partial charge on any atom is 0.255 e. The van der Waals surface area contributed by atoms with Gasteiger partial charge in [-0.1, -0.05) is 158 Å². The van der Waals surface area contributed by atoms with Crippen molar-refractivity contribution in [3.63, 3.8) is 0 Å². The van der Waals surface area contributed by atoms with E-state index in [1.54, 1.807) is 0 Å². The fraction of sp³-hybridized carbons (Fsp3) is 0.0667. The van der Waals surface area contributed by atoms with E-state index in [1.165, 1.54) is 137 Å². The number of benzene rings is 11. The van der Waals surface area contributed by atoms with E-state index in [-0.39, 0.29) is 6.71 Å². The van der Waals surface area contributed by atoms with Crippen LogP contribution in [0.25, 0.3) is 75.5 Å². The molecule has 3 nitrogen and oxygen atoms in total. The number of aromatic nitrogens is 1. The van der Waals surface area contributed by atoms with Gasteiger partial charge in [-0.25, -0.2) is 0 Å². The van der Waals surface area contributed by atoms with Crippen molar-refractivity contribution in [2.45, 2.75) is 20.3 Å². The molecular formula is C60H42BN3. The van der Waals surface area contributed by atoms with Gasteiger partial charge in [0.2, 0.25) is 0 Å². The van der Waals surface area contributed by atoms with E-state index in [9.17, 15) is 0 Å². The van der Waals surface area contributed by atoms with Gasteiger partial charge in [0.15, 0.2) is 0 Å². The van der Waals surface area contributed by atoms with Crippen LogP contribution in [-0.4, -0.2) is 11.3 Å². The zero-order chi connectivity index (χ0) is 42.4. The lowest BCUT2D eigenvalue weighted by Gasteiger charge is -2.44. The molecule has 12 aromatic rings.